The average molecular weight is 138 g/mol. The summed E-state index contributed by atoms with van der Waals surface area (Å²) in [6.07, 6.45) is 0.982. The zero-order valence-corrected chi connectivity index (χ0v) is 5.98. The number of aromatic nitrogens is 1. The van der Waals surface area contributed by atoms with Gasteiger partial charge in [0.25, 0.3) is 0 Å². The third-order valence-electron chi connectivity index (χ3n) is 1.90. The van der Waals surface area contributed by atoms with Gasteiger partial charge < -0.3 is 9.84 Å². The lowest BCUT2D eigenvalue weighted by molar-refractivity contribution is 0.370. The van der Waals surface area contributed by atoms with Crippen molar-refractivity contribution >= 4 is 0 Å². The molecular weight excluding hydrogens is 128 g/mol. The fourth-order valence-corrected chi connectivity index (χ4v) is 1.27. The molecule has 1 N–H and O–H groups in total. The van der Waals surface area contributed by atoms with Gasteiger partial charge in [-0.2, -0.15) is 0 Å². The molecular formula is C7H10N2O. The predicted octanol–water partition coefficient (Wildman–Crippen LogP) is 0.629. The summed E-state index contributed by atoms with van der Waals surface area (Å²) in [5.41, 5.74) is 2.29. The Kier molecular flexibility index (Phi) is 1.24. The molecule has 0 spiro atoms. The molecule has 0 atom stereocenters. The zero-order chi connectivity index (χ0) is 6.97. The van der Waals surface area contributed by atoms with Gasteiger partial charge in [-0.05, 0) is 6.92 Å². The van der Waals surface area contributed by atoms with Crippen molar-refractivity contribution in [3.8, 4) is 0 Å². The Labute approximate surface area is 59.4 Å². The maximum absolute atomic E-state index is 5.10. The highest BCUT2D eigenvalue weighted by atomic mass is 16.5. The van der Waals surface area contributed by atoms with Crippen molar-refractivity contribution in [2.24, 2.45) is 0 Å². The number of rotatable bonds is 0. The SMILES string of the molecule is Cc1noc2c1CNCC2. The highest BCUT2D eigenvalue weighted by molar-refractivity contribution is 5.23. The van der Waals surface area contributed by atoms with Crippen molar-refractivity contribution in [1.29, 1.82) is 0 Å². The Morgan fingerprint density at radius 3 is 3.30 bits per heavy atom. The monoisotopic (exact) mass is 138 g/mol. The van der Waals surface area contributed by atoms with Crippen LogP contribution < -0.4 is 5.32 Å². The standard InChI is InChI=1S/C7H10N2O/c1-5-6-4-8-3-2-7(6)10-9-5/h8H,2-4H2,1H3. The van der Waals surface area contributed by atoms with E-state index in [-0.39, 0.29) is 0 Å². The zero-order valence-electron chi connectivity index (χ0n) is 5.98. The van der Waals surface area contributed by atoms with Crippen LogP contribution in [0.4, 0.5) is 0 Å². The molecule has 0 aliphatic carbocycles. The first-order chi connectivity index (χ1) is 4.88. The second-order valence-electron chi connectivity index (χ2n) is 2.60. The highest BCUT2D eigenvalue weighted by Gasteiger charge is 2.15. The van der Waals surface area contributed by atoms with E-state index in [0.29, 0.717) is 0 Å². The van der Waals surface area contributed by atoms with Crippen molar-refractivity contribution in [1.82, 2.24) is 10.5 Å². The van der Waals surface area contributed by atoms with Crippen molar-refractivity contribution in [3.63, 3.8) is 0 Å². The number of hydrogen-bond acceptors (Lipinski definition) is 3. The Hall–Kier alpha value is -0.830. The summed E-state index contributed by atoms with van der Waals surface area (Å²) in [6.45, 7) is 3.92. The van der Waals surface area contributed by atoms with Gasteiger partial charge in [0, 0.05) is 25.1 Å². The Morgan fingerprint density at radius 1 is 1.60 bits per heavy atom. The minimum absolute atomic E-state index is 0.921. The van der Waals surface area contributed by atoms with Crippen LogP contribution in [0, 0.1) is 6.92 Å². The van der Waals surface area contributed by atoms with Crippen LogP contribution in [0.2, 0.25) is 0 Å². The lowest BCUT2D eigenvalue weighted by Gasteiger charge is -2.09. The molecule has 3 heteroatoms. The van der Waals surface area contributed by atoms with E-state index in [1.54, 1.807) is 0 Å². The molecule has 0 amide bonds. The fraction of sp³-hybridized carbons (Fsp3) is 0.571. The van der Waals surface area contributed by atoms with E-state index in [2.05, 4.69) is 10.5 Å². The number of nitrogens with one attached hydrogen (secondary N) is 1. The van der Waals surface area contributed by atoms with Gasteiger partial charge in [0.2, 0.25) is 0 Å². The maximum Gasteiger partial charge on any atom is 0.142 e. The maximum atomic E-state index is 5.10. The molecule has 1 aromatic rings. The number of aryl methyl sites for hydroxylation is 1. The van der Waals surface area contributed by atoms with E-state index in [1.807, 2.05) is 6.92 Å². The summed E-state index contributed by atoms with van der Waals surface area (Å²) in [5.74, 6) is 1.07. The first kappa shape index (κ1) is 5.92. The molecule has 0 saturated carbocycles. The molecule has 0 fully saturated rings. The van der Waals surface area contributed by atoms with Crippen molar-refractivity contribution < 1.29 is 4.52 Å². The van der Waals surface area contributed by atoms with Gasteiger partial charge in [-0.1, -0.05) is 5.16 Å². The molecule has 54 valence electrons. The predicted molar refractivity (Wildman–Crippen MR) is 36.7 cm³/mol. The second kappa shape index (κ2) is 2.09. The average Bonchev–Trinajstić information content (AvgIpc) is 2.34. The molecule has 3 nitrogen and oxygen atoms in total. The van der Waals surface area contributed by atoms with Crippen LogP contribution >= 0.6 is 0 Å². The molecule has 1 aromatic heterocycles. The molecule has 1 aliphatic rings. The Balaban J connectivity index is 2.45. The summed E-state index contributed by atoms with van der Waals surface area (Å²) in [5, 5.41) is 7.15. The first-order valence-electron chi connectivity index (χ1n) is 3.52. The minimum atomic E-state index is 0.921. The normalized spacial score (nSPS) is 16.9. The lowest BCUT2D eigenvalue weighted by Crippen LogP contribution is -2.22. The van der Waals surface area contributed by atoms with Gasteiger partial charge in [-0.15, -0.1) is 0 Å². The van der Waals surface area contributed by atoms with Crippen molar-refractivity contribution in [2.75, 3.05) is 6.54 Å². The van der Waals surface area contributed by atoms with Crippen LogP contribution in [0.25, 0.3) is 0 Å². The summed E-state index contributed by atoms with van der Waals surface area (Å²) < 4.78 is 5.10. The van der Waals surface area contributed by atoms with Crippen LogP contribution in [-0.2, 0) is 13.0 Å². The topological polar surface area (TPSA) is 38.1 Å². The molecule has 10 heavy (non-hydrogen) atoms. The van der Waals surface area contributed by atoms with Crippen LogP contribution in [0.1, 0.15) is 17.0 Å². The third-order valence-corrected chi connectivity index (χ3v) is 1.90. The fourth-order valence-electron chi connectivity index (χ4n) is 1.27. The Morgan fingerprint density at radius 2 is 2.50 bits per heavy atom. The number of hydrogen-bond donors (Lipinski definition) is 1. The van der Waals surface area contributed by atoms with E-state index in [1.165, 1.54) is 5.56 Å². The summed E-state index contributed by atoms with van der Waals surface area (Å²) in [4.78, 5) is 0. The second-order valence-corrected chi connectivity index (χ2v) is 2.60. The third kappa shape index (κ3) is 0.743. The van der Waals surface area contributed by atoms with Crippen LogP contribution in [0.15, 0.2) is 4.52 Å². The van der Waals surface area contributed by atoms with Gasteiger partial charge in [-0.3, -0.25) is 0 Å². The van der Waals surface area contributed by atoms with Gasteiger partial charge in [0.1, 0.15) is 5.76 Å². The van der Waals surface area contributed by atoms with E-state index in [4.69, 9.17) is 4.52 Å². The molecule has 2 heterocycles. The van der Waals surface area contributed by atoms with Gasteiger partial charge in [-0.25, -0.2) is 0 Å². The molecule has 0 saturated heterocycles. The van der Waals surface area contributed by atoms with Gasteiger partial charge in [0.15, 0.2) is 0 Å². The van der Waals surface area contributed by atoms with E-state index in [9.17, 15) is 0 Å². The van der Waals surface area contributed by atoms with Crippen LogP contribution in [0.3, 0.4) is 0 Å². The highest BCUT2D eigenvalue weighted by Crippen LogP contribution is 2.16. The number of nitrogens with zero attached hydrogens (tertiary/aromatic N) is 1. The Bertz CT molecular complexity index is 242. The summed E-state index contributed by atoms with van der Waals surface area (Å²) >= 11 is 0. The number of fused-ring (bicyclic) bond motifs is 1. The molecule has 0 unspecified atom stereocenters. The van der Waals surface area contributed by atoms with Crippen molar-refractivity contribution in [3.05, 3.63) is 17.0 Å². The molecule has 2 rings (SSSR count). The molecule has 0 radical (unpaired) electrons. The van der Waals surface area contributed by atoms with Crippen LogP contribution in [-0.4, -0.2) is 11.7 Å². The lowest BCUT2D eigenvalue weighted by atomic mass is 10.1. The summed E-state index contributed by atoms with van der Waals surface area (Å²) in [6, 6.07) is 0. The molecule has 1 aliphatic heterocycles. The smallest absolute Gasteiger partial charge is 0.142 e. The summed E-state index contributed by atoms with van der Waals surface area (Å²) in [7, 11) is 0. The first-order valence-corrected chi connectivity index (χ1v) is 3.52. The van der Waals surface area contributed by atoms with E-state index in [0.717, 1.165) is 31.0 Å². The minimum Gasteiger partial charge on any atom is -0.361 e. The van der Waals surface area contributed by atoms with Crippen molar-refractivity contribution in [2.45, 2.75) is 19.9 Å². The quantitative estimate of drug-likeness (QED) is 0.571. The molecule has 0 aromatic carbocycles. The molecule has 0 bridgehead atoms. The van der Waals surface area contributed by atoms with E-state index >= 15 is 0 Å². The largest absolute Gasteiger partial charge is 0.361 e. The van der Waals surface area contributed by atoms with Gasteiger partial charge >= 0.3 is 0 Å². The van der Waals surface area contributed by atoms with Crippen LogP contribution in [0.5, 0.6) is 0 Å². The van der Waals surface area contributed by atoms with E-state index < -0.39 is 0 Å². The van der Waals surface area contributed by atoms with Gasteiger partial charge in [0.05, 0.1) is 5.69 Å².